The summed E-state index contributed by atoms with van der Waals surface area (Å²) >= 11 is 0. The number of nitrogens with one attached hydrogen (secondary N) is 1. The minimum atomic E-state index is -0.255. The summed E-state index contributed by atoms with van der Waals surface area (Å²) in [5.41, 5.74) is 4.17. The van der Waals surface area contributed by atoms with Gasteiger partial charge in [0.05, 0.1) is 29.4 Å². The Hall–Kier alpha value is -3.48. The first kappa shape index (κ1) is 20.8. The average molecular weight is 418 g/mol. The summed E-state index contributed by atoms with van der Waals surface area (Å²) < 4.78 is 7.03. The molecule has 1 aromatic carbocycles. The second kappa shape index (κ2) is 7.98. The lowest BCUT2D eigenvalue weighted by atomic mass is 9.87. The Labute approximate surface area is 181 Å². The van der Waals surface area contributed by atoms with Crippen molar-refractivity contribution in [3.8, 4) is 0 Å². The van der Waals surface area contributed by atoms with E-state index in [2.05, 4.69) is 65.6 Å². The Kier molecular flexibility index (Phi) is 5.35. The van der Waals surface area contributed by atoms with Gasteiger partial charge in [0.2, 0.25) is 0 Å². The van der Waals surface area contributed by atoms with E-state index in [1.54, 1.807) is 23.0 Å². The molecule has 0 aliphatic rings. The molecule has 0 radical (unpaired) electrons. The summed E-state index contributed by atoms with van der Waals surface area (Å²) in [5, 5.41) is 12.1. The summed E-state index contributed by atoms with van der Waals surface area (Å²) in [6.45, 7) is 11.2. The van der Waals surface area contributed by atoms with E-state index in [0.29, 0.717) is 23.6 Å². The van der Waals surface area contributed by atoms with Gasteiger partial charge in [0, 0.05) is 12.3 Å². The van der Waals surface area contributed by atoms with Crippen LogP contribution in [0.4, 0.5) is 5.82 Å². The number of anilines is 1. The van der Waals surface area contributed by atoms with E-state index in [-0.39, 0.29) is 17.2 Å². The molecule has 0 aliphatic carbocycles. The smallest absolute Gasteiger partial charge is 0.258 e. The van der Waals surface area contributed by atoms with Crippen molar-refractivity contribution in [1.29, 1.82) is 0 Å². The third-order valence-corrected chi connectivity index (χ3v) is 5.28. The highest BCUT2D eigenvalue weighted by atomic mass is 16.5. The zero-order chi connectivity index (χ0) is 22.2. The molecule has 7 nitrogen and oxygen atoms in total. The number of carbonyl (C=O) groups excluding carboxylic acids is 1. The van der Waals surface area contributed by atoms with Crippen molar-refractivity contribution in [3.63, 3.8) is 0 Å². The third-order valence-electron chi connectivity index (χ3n) is 5.28. The quantitative estimate of drug-likeness (QED) is 0.486. The van der Waals surface area contributed by atoms with E-state index in [4.69, 9.17) is 4.52 Å². The van der Waals surface area contributed by atoms with Crippen LogP contribution in [0.3, 0.4) is 0 Å². The van der Waals surface area contributed by atoms with Gasteiger partial charge in [-0.25, -0.2) is 9.67 Å². The van der Waals surface area contributed by atoms with Gasteiger partial charge in [-0.05, 0) is 28.5 Å². The number of nitrogens with zero attached hydrogens (tertiary/aromatic N) is 4. The Morgan fingerprint density at radius 3 is 2.58 bits per heavy atom. The molecule has 4 rings (SSSR count). The number of pyridine rings is 1. The van der Waals surface area contributed by atoms with Crippen LogP contribution in [0.5, 0.6) is 0 Å². The Morgan fingerprint density at radius 1 is 1.16 bits per heavy atom. The summed E-state index contributed by atoms with van der Waals surface area (Å²) in [5.74, 6) is 0.544. The lowest BCUT2D eigenvalue weighted by Crippen LogP contribution is -2.16. The highest BCUT2D eigenvalue weighted by molar-refractivity contribution is 6.05. The first-order valence-corrected chi connectivity index (χ1v) is 10.4. The van der Waals surface area contributed by atoms with Gasteiger partial charge < -0.3 is 9.84 Å². The normalized spacial score (nSPS) is 11.9. The highest BCUT2D eigenvalue weighted by Gasteiger charge is 2.17. The highest BCUT2D eigenvalue weighted by Crippen LogP contribution is 2.25. The fraction of sp³-hybridized carbons (Fsp3) is 0.333. The number of aromatic nitrogens is 4. The zero-order valence-electron chi connectivity index (χ0n) is 18.5. The van der Waals surface area contributed by atoms with E-state index >= 15 is 0 Å². The van der Waals surface area contributed by atoms with Crippen LogP contribution in [0, 0.1) is 0 Å². The summed E-state index contributed by atoms with van der Waals surface area (Å²) in [4.78, 5) is 17.1. The van der Waals surface area contributed by atoms with Gasteiger partial charge in [-0.1, -0.05) is 64.0 Å². The number of rotatable bonds is 5. The van der Waals surface area contributed by atoms with Crippen LogP contribution in [0.2, 0.25) is 0 Å². The van der Waals surface area contributed by atoms with Crippen molar-refractivity contribution in [2.75, 3.05) is 5.32 Å². The number of carbonyl (C=O) groups is 1. The van der Waals surface area contributed by atoms with Crippen LogP contribution in [-0.2, 0) is 12.0 Å². The van der Waals surface area contributed by atoms with E-state index in [1.807, 2.05) is 13.8 Å². The summed E-state index contributed by atoms with van der Waals surface area (Å²) in [7, 11) is 0. The van der Waals surface area contributed by atoms with Crippen LogP contribution in [0.15, 0.2) is 53.3 Å². The third kappa shape index (κ3) is 4.35. The largest absolute Gasteiger partial charge is 0.336 e. The van der Waals surface area contributed by atoms with Crippen molar-refractivity contribution >= 4 is 22.8 Å². The molecule has 0 atom stereocenters. The van der Waals surface area contributed by atoms with Crippen molar-refractivity contribution in [3.05, 3.63) is 71.2 Å². The van der Waals surface area contributed by atoms with Gasteiger partial charge in [-0.3, -0.25) is 4.79 Å². The molecule has 4 aromatic rings. The van der Waals surface area contributed by atoms with Gasteiger partial charge in [-0.2, -0.15) is 5.10 Å². The summed E-state index contributed by atoms with van der Waals surface area (Å²) in [6.07, 6.45) is 3.18. The lowest BCUT2D eigenvalue weighted by Gasteiger charge is -2.19. The van der Waals surface area contributed by atoms with E-state index in [1.165, 1.54) is 11.8 Å². The molecule has 0 unspecified atom stereocenters. The predicted octanol–water partition coefficient (Wildman–Crippen LogP) is 5.14. The Balaban J connectivity index is 1.52. The van der Waals surface area contributed by atoms with Crippen molar-refractivity contribution in [2.24, 2.45) is 0 Å². The minimum Gasteiger partial charge on any atom is -0.336 e. The van der Waals surface area contributed by atoms with Gasteiger partial charge in [0.15, 0.2) is 0 Å². The molecular formula is C24H27N5O2. The van der Waals surface area contributed by atoms with Crippen molar-refractivity contribution in [1.82, 2.24) is 19.9 Å². The number of benzene rings is 1. The van der Waals surface area contributed by atoms with Crippen molar-refractivity contribution < 1.29 is 9.32 Å². The molecule has 0 bridgehead atoms. The Morgan fingerprint density at radius 2 is 1.90 bits per heavy atom. The lowest BCUT2D eigenvalue weighted by molar-refractivity contribution is 0.102. The number of hydrogen-bond donors (Lipinski definition) is 1. The molecule has 31 heavy (non-hydrogen) atoms. The fourth-order valence-electron chi connectivity index (χ4n) is 3.43. The molecular weight excluding hydrogens is 390 g/mol. The molecule has 0 spiro atoms. The van der Waals surface area contributed by atoms with Gasteiger partial charge in [0.25, 0.3) is 11.6 Å². The van der Waals surface area contributed by atoms with Crippen molar-refractivity contribution in [2.45, 2.75) is 52.5 Å². The van der Waals surface area contributed by atoms with Gasteiger partial charge in [-0.15, -0.1) is 0 Å². The maximum absolute atomic E-state index is 12.9. The van der Waals surface area contributed by atoms with Crippen LogP contribution < -0.4 is 5.32 Å². The SMILES string of the molecule is CC(C)c1noc2ncc(C(=O)Nc3ccnn3Cc3ccc(C(C)(C)C)cc3)cc12. The standard InChI is InChI=1S/C24H27N5O2/c1-15(2)21-19-12-17(13-25-23(19)31-28-21)22(30)27-20-10-11-26-29(20)14-16-6-8-18(9-7-16)24(3,4)5/h6-13,15H,14H2,1-5H3,(H,27,30). The molecule has 7 heteroatoms. The molecule has 3 heterocycles. The predicted molar refractivity (Wildman–Crippen MR) is 120 cm³/mol. The molecule has 0 aliphatic heterocycles. The first-order valence-electron chi connectivity index (χ1n) is 10.4. The maximum atomic E-state index is 12.9. The molecule has 3 aromatic heterocycles. The van der Waals surface area contributed by atoms with Crippen LogP contribution >= 0.6 is 0 Å². The molecule has 160 valence electrons. The maximum Gasteiger partial charge on any atom is 0.258 e. The second-order valence-corrected chi connectivity index (χ2v) is 9.07. The van der Waals surface area contributed by atoms with E-state index in [0.717, 1.165) is 16.6 Å². The fourth-order valence-corrected chi connectivity index (χ4v) is 3.43. The van der Waals surface area contributed by atoms with Gasteiger partial charge >= 0.3 is 0 Å². The molecule has 1 amide bonds. The summed E-state index contributed by atoms with van der Waals surface area (Å²) in [6, 6.07) is 12.0. The zero-order valence-corrected chi connectivity index (χ0v) is 18.5. The topological polar surface area (TPSA) is 85.8 Å². The van der Waals surface area contributed by atoms with E-state index < -0.39 is 0 Å². The first-order chi connectivity index (χ1) is 14.7. The van der Waals surface area contributed by atoms with Gasteiger partial charge in [0.1, 0.15) is 5.82 Å². The number of hydrogen-bond acceptors (Lipinski definition) is 5. The molecule has 0 saturated heterocycles. The molecule has 1 N–H and O–H groups in total. The van der Waals surface area contributed by atoms with E-state index in [9.17, 15) is 4.79 Å². The number of fused-ring (bicyclic) bond motifs is 1. The molecule has 0 saturated carbocycles. The monoisotopic (exact) mass is 417 g/mol. The average Bonchev–Trinajstić information content (AvgIpc) is 3.34. The molecule has 0 fully saturated rings. The van der Waals surface area contributed by atoms with Crippen LogP contribution in [-0.4, -0.2) is 25.8 Å². The van der Waals surface area contributed by atoms with Crippen LogP contribution in [0.25, 0.3) is 11.1 Å². The van der Waals surface area contributed by atoms with Crippen LogP contribution in [0.1, 0.15) is 67.7 Å². The Bertz CT molecular complexity index is 1210. The minimum absolute atomic E-state index is 0.110. The number of amides is 1. The second-order valence-electron chi connectivity index (χ2n) is 9.07.